The van der Waals surface area contributed by atoms with Crippen LogP contribution in [0.5, 0.6) is 0 Å². The molecule has 0 saturated carbocycles. The van der Waals surface area contributed by atoms with Crippen LogP contribution < -0.4 is 0 Å². The van der Waals surface area contributed by atoms with E-state index in [1.54, 1.807) is 6.92 Å². The Labute approximate surface area is 118 Å². The predicted octanol–water partition coefficient (Wildman–Crippen LogP) is 2.98. The predicted molar refractivity (Wildman–Crippen MR) is 81.6 cm³/mol. The maximum atomic E-state index is 12.0. The van der Waals surface area contributed by atoms with Crippen molar-refractivity contribution >= 4 is 11.7 Å². The number of amides is 1. The highest BCUT2D eigenvalue weighted by molar-refractivity contribution is 5.76. The molecule has 1 N–H and O–H groups in total. The van der Waals surface area contributed by atoms with Gasteiger partial charge in [0.2, 0.25) is 5.91 Å². The molecule has 0 aliphatic heterocycles. The van der Waals surface area contributed by atoms with Crippen molar-refractivity contribution < 1.29 is 4.79 Å². The molecular weight excluding hydrogens is 238 g/mol. The van der Waals surface area contributed by atoms with Crippen LogP contribution in [0.4, 0.5) is 0 Å². The number of nitrogens with zero attached hydrogens (tertiary/aromatic N) is 2. The van der Waals surface area contributed by atoms with Crippen molar-refractivity contribution in [1.82, 2.24) is 9.80 Å². The number of carbonyl (C=O) groups is 1. The van der Waals surface area contributed by atoms with Crippen LogP contribution in [-0.2, 0) is 4.79 Å². The molecule has 0 saturated heterocycles. The Bertz CT molecular complexity index is 291. The Kier molecular flexibility index (Phi) is 8.44. The van der Waals surface area contributed by atoms with Crippen molar-refractivity contribution in [3.8, 4) is 0 Å². The average molecular weight is 269 g/mol. The standard InChI is InChI=1S/C15H31N3O/c1-7-13(3)18(6)15(19)11-12(2)9-8-10-17(5)14(4)16/h12-13,16H,7-11H2,1-6H3/t12-,13?/m1/s1. The minimum Gasteiger partial charge on any atom is -0.364 e. The molecule has 1 amide bonds. The first-order chi connectivity index (χ1) is 8.79. The molecule has 0 aromatic heterocycles. The van der Waals surface area contributed by atoms with Gasteiger partial charge in [0.15, 0.2) is 0 Å². The van der Waals surface area contributed by atoms with Crippen LogP contribution in [0, 0.1) is 11.3 Å². The largest absolute Gasteiger partial charge is 0.364 e. The van der Waals surface area contributed by atoms with Gasteiger partial charge in [0.1, 0.15) is 0 Å². The van der Waals surface area contributed by atoms with Crippen LogP contribution in [0.15, 0.2) is 0 Å². The van der Waals surface area contributed by atoms with Gasteiger partial charge in [-0.15, -0.1) is 0 Å². The molecule has 2 atom stereocenters. The third-order valence-electron chi connectivity index (χ3n) is 3.93. The smallest absolute Gasteiger partial charge is 0.222 e. The molecule has 19 heavy (non-hydrogen) atoms. The van der Waals surface area contributed by atoms with Crippen molar-refractivity contribution in [1.29, 1.82) is 5.41 Å². The van der Waals surface area contributed by atoms with Gasteiger partial charge in [-0.2, -0.15) is 0 Å². The van der Waals surface area contributed by atoms with Gasteiger partial charge in [0.05, 0.1) is 5.84 Å². The fourth-order valence-electron chi connectivity index (χ4n) is 1.91. The number of hydrogen-bond acceptors (Lipinski definition) is 2. The highest BCUT2D eigenvalue weighted by Gasteiger charge is 2.16. The van der Waals surface area contributed by atoms with Crippen LogP contribution in [0.3, 0.4) is 0 Å². The summed E-state index contributed by atoms with van der Waals surface area (Å²) in [7, 11) is 3.84. The molecule has 0 heterocycles. The molecule has 0 rings (SSSR count). The highest BCUT2D eigenvalue weighted by atomic mass is 16.2. The topological polar surface area (TPSA) is 47.4 Å². The Morgan fingerprint density at radius 3 is 2.32 bits per heavy atom. The van der Waals surface area contributed by atoms with E-state index in [0.29, 0.717) is 24.2 Å². The average Bonchev–Trinajstić information content (AvgIpc) is 2.36. The van der Waals surface area contributed by atoms with Gasteiger partial charge in [0, 0.05) is 33.1 Å². The number of nitrogens with one attached hydrogen (secondary N) is 1. The summed E-state index contributed by atoms with van der Waals surface area (Å²) in [6.07, 6.45) is 3.71. The lowest BCUT2D eigenvalue weighted by atomic mass is 10.0. The molecule has 0 spiro atoms. The Morgan fingerprint density at radius 2 is 1.84 bits per heavy atom. The van der Waals surface area contributed by atoms with Crippen LogP contribution in [0.1, 0.15) is 53.4 Å². The maximum absolute atomic E-state index is 12.0. The zero-order valence-corrected chi connectivity index (χ0v) is 13.5. The molecule has 112 valence electrons. The summed E-state index contributed by atoms with van der Waals surface area (Å²) in [5.74, 6) is 1.26. The van der Waals surface area contributed by atoms with E-state index in [2.05, 4.69) is 20.8 Å². The fourth-order valence-corrected chi connectivity index (χ4v) is 1.91. The minimum absolute atomic E-state index is 0.249. The lowest BCUT2D eigenvalue weighted by molar-refractivity contribution is -0.132. The Morgan fingerprint density at radius 1 is 1.26 bits per heavy atom. The molecule has 0 aromatic rings. The summed E-state index contributed by atoms with van der Waals surface area (Å²) < 4.78 is 0. The van der Waals surface area contributed by atoms with E-state index in [1.807, 2.05) is 23.9 Å². The second kappa shape index (κ2) is 8.94. The highest BCUT2D eigenvalue weighted by Crippen LogP contribution is 2.14. The van der Waals surface area contributed by atoms with Crippen molar-refractivity contribution in [2.45, 2.75) is 59.4 Å². The molecule has 0 bridgehead atoms. The number of carbonyl (C=O) groups excluding carboxylic acids is 1. The molecule has 4 heteroatoms. The van der Waals surface area contributed by atoms with Crippen LogP contribution in [0.25, 0.3) is 0 Å². The molecule has 1 unspecified atom stereocenters. The summed E-state index contributed by atoms with van der Waals surface area (Å²) in [6.45, 7) is 9.03. The van der Waals surface area contributed by atoms with Gasteiger partial charge in [-0.25, -0.2) is 0 Å². The first kappa shape index (κ1) is 17.9. The molecule has 0 fully saturated rings. The SMILES string of the molecule is CCC(C)N(C)C(=O)C[C@H](C)CCCN(C)C(C)=N. The van der Waals surface area contributed by atoms with Crippen molar-refractivity contribution in [3.05, 3.63) is 0 Å². The van der Waals surface area contributed by atoms with Crippen LogP contribution in [0.2, 0.25) is 0 Å². The molecular formula is C15H31N3O. The van der Waals surface area contributed by atoms with Gasteiger partial charge in [-0.3, -0.25) is 10.2 Å². The second-order valence-corrected chi connectivity index (χ2v) is 5.72. The zero-order chi connectivity index (χ0) is 15.0. The van der Waals surface area contributed by atoms with E-state index in [1.165, 1.54) is 0 Å². The number of rotatable bonds is 8. The van der Waals surface area contributed by atoms with Crippen molar-refractivity contribution in [3.63, 3.8) is 0 Å². The third-order valence-corrected chi connectivity index (χ3v) is 3.93. The van der Waals surface area contributed by atoms with Crippen molar-refractivity contribution in [2.75, 3.05) is 20.6 Å². The maximum Gasteiger partial charge on any atom is 0.222 e. The van der Waals surface area contributed by atoms with E-state index >= 15 is 0 Å². The zero-order valence-electron chi connectivity index (χ0n) is 13.5. The van der Waals surface area contributed by atoms with Crippen molar-refractivity contribution in [2.24, 2.45) is 5.92 Å². The lowest BCUT2D eigenvalue weighted by Gasteiger charge is -2.25. The quantitative estimate of drug-likeness (QED) is 0.544. The van der Waals surface area contributed by atoms with Gasteiger partial charge >= 0.3 is 0 Å². The molecule has 0 aliphatic rings. The van der Waals surface area contributed by atoms with Crippen LogP contribution >= 0.6 is 0 Å². The van der Waals surface area contributed by atoms with Crippen LogP contribution in [-0.4, -0.2) is 48.2 Å². The fraction of sp³-hybridized carbons (Fsp3) is 0.867. The van der Waals surface area contributed by atoms with Gasteiger partial charge in [-0.05, 0) is 39.0 Å². The monoisotopic (exact) mass is 269 g/mol. The van der Waals surface area contributed by atoms with Gasteiger partial charge in [0.25, 0.3) is 0 Å². The molecule has 0 radical (unpaired) electrons. The minimum atomic E-state index is 0.249. The Balaban J connectivity index is 3.94. The van der Waals surface area contributed by atoms with E-state index in [9.17, 15) is 4.79 Å². The third kappa shape index (κ3) is 7.19. The number of hydrogen-bond donors (Lipinski definition) is 1. The second-order valence-electron chi connectivity index (χ2n) is 5.72. The molecule has 4 nitrogen and oxygen atoms in total. The van der Waals surface area contributed by atoms with E-state index in [4.69, 9.17) is 5.41 Å². The summed E-state index contributed by atoms with van der Waals surface area (Å²) in [6, 6.07) is 0.325. The van der Waals surface area contributed by atoms with E-state index < -0.39 is 0 Å². The Hall–Kier alpha value is -1.06. The van der Waals surface area contributed by atoms with E-state index in [0.717, 1.165) is 25.8 Å². The first-order valence-electron chi connectivity index (χ1n) is 7.31. The van der Waals surface area contributed by atoms with E-state index in [-0.39, 0.29) is 5.91 Å². The van der Waals surface area contributed by atoms with Gasteiger partial charge in [-0.1, -0.05) is 13.8 Å². The number of amidine groups is 1. The molecule has 0 aliphatic carbocycles. The first-order valence-corrected chi connectivity index (χ1v) is 7.31. The lowest BCUT2D eigenvalue weighted by Crippen LogP contribution is -2.35. The van der Waals surface area contributed by atoms with Gasteiger partial charge < -0.3 is 9.80 Å². The summed E-state index contributed by atoms with van der Waals surface area (Å²) in [5, 5.41) is 7.49. The normalized spacial score (nSPS) is 13.8. The summed E-state index contributed by atoms with van der Waals surface area (Å²) in [5.41, 5.74) is 0. The summed E-state index contributed by atoms with van der Waals surface area (Å²) >= 11 is 0. The summed E-state index contributed by atoms with van der Waals surface area (Å²) in [4.78, 5) is 15.9. The molecule has 0 aromatic carbocycles.